The van der Waals surface area contributed by atoms with Crippen LogP contribution in [0.1, 0.15) is 47.0 Å². The molecule has 0 aliphatic heterocycles. The topological polar surface area (TPSA) is 59.6 Å². The van der Waals surface area contributed by atoms with Gasteiger partial charge in [0.15, 0.2) is 5.96 Å². The third-order valence-corrected chi connectivity index (χ3v) is 2.34. The van der Waals surface area contributed by atoms with Gasteiger partial charge < -0.3 is 15.8 Å². The molecule has 0 atom stereocenters. The van der Waals surface area contributed by atoms with Gasteiger partial charge in [-0.25, -0.2) is 0 Å². The summed E-state index contributed by atoms with van der Waals surface area (Å²) in [7, 11) is 0. The van der Waals surface area contributed by atoms with Gasteiger partial charge in [-0.05, 0) is 31.6 Å². The number of guanidine groups is 1. The van der Waals surface area contributed by atoms with Crippen LogP contribution in [0.3, 0.4) is 0 Å². The maximum Gasteiger partial charge on any atom is 0.188 e. The average molecular weight is 243 g/mol. The van der Waals surface area contributed by atoms with Crippen molar-refractivity contribution in [3.8, 4) is 0 Å². The average Bonchev–Trinajstić information content (AvgIpc) is 2.23. The maximum atomic E-state index is 5.74. The summed E-state index contributed by atoms with van der Waals surface area (Å²) in [5, 5.41) is 3.13. The summed E-state index contributed by atoms with van der Waals surface area (Å²) in [5.74, 6) is 0.551. The number of hydrogen-bond acceptors (Lipinski definition) is 2. The molecular weight excluding hydrogens is 214 g/mol. The summed E-state index contributed by atoms with van der Waals surface area (Å²) in [4.78, 5) is 4.23. The second-order valence-electron chi connectivity index (χ2n) is 5.41. The van der Waals surface area contributed by atoms with Crippen LogP contribution >= 0.6 is 0 Å². The number of hydrogen-bond donors (Lipinski definition) is 2. The Kier molecular flexibility index (Phi) is 8.86. The van der Waals surface area contributed by atoms with E-state index in [-0.39, 0.29) is 0 Å². The summed E-state index contributed by atoms with van der Waals surface area (Å²) >= 11 is 0. The molecule has 0 bridgehead atoms. The Morgan fingerprint density at radius 3 is 2.59 bits per heavy atom. The summed E-state index contributed by atoms with van der Waals surface area (Å²) in [5.41, 5.74) is 6.13. The van der Waals surface area contributed by atoms with Crippen LogP contribution in [0.4, 0.5) is 0 Å². The van der Waals surface area contributed by atoms with Gasteiger partial charge in [0.1, 0.15) is 0 Å². The highest BCUT2D eigenvalue weighted by molar-refractivity contribution is 5.77. The number of aliphatic imine (C=N–C) groups is 1. The molecule has 4 heteroatoms. The van der Waals surface area contributed by atoms with Crippen LogP contribution in [0.2, 0.25) is 0 Å². The van der Waals surface area contributed by atoms with E-state index in [1.807, 2.05) is 6.92 Å². The van der Waals surface area contributed by atoms with E-state index >= 15 is 0 Å². The molecule has 0 rings (SSSR count). The monoisotopic (exact) mass is 243 g/mol. The van der Waals surface area contributed by atoms with Crippen molar-refractivity contribution in [1.29, 1.82) is 0 Å². The van der Waals surface area contributed by atoms with Crippen LogP contribution in [0.25, 0.3) is 0 Å². The van der Waals surface area contributed by atoms with E-state index < -0.39 is 0 Å². The van der Waals surface area contributed by atoms with E-state index in [1.54, 1.807) is 0 Å². The SMILES string of the molecule is CCOCCCN=C(N)NCCCC(C)(C)C. The van der Waals surface area contributed by atoms with Crippen molar-refractivity contribution in [2.75, 3.05) is 26.3 Å². The zero-order chi connectivity index (χ0) is 13.1. The second-order valence-corrected chi connectivity index (χ2v) is 5.41. The van der Waals surface area contributed by atoms with Crippen molar-refractivity contribution in [2.24, 2.45) is 16.1 Å². The van der Waals surface area contributed by atoms with Crippen LogP contribution in [0.5, 0.6) is 0 Å². The quantitative estimate of drug-likeness (QED) is 0.390. The molecular formula is C13H29N3O. The molecule has 0 amide bonds. The molecule has 0 aliphatic rings. The van der Waals surface area contributed by atoms with Crippen molar-refractivity contribution in [3.05, 3.63) is 0 Å². The molecule has 0 aromatic rings. The van der Waals surface area contributed by atoms with E-state index in [0.29, 0.717) is 11.4 Å². The van der Waals surface area contributed by atoms with Gasteiger partial charge >= 0.3 is 0 Å². The predicted octanol–water partition coefficient (Wildman–Crippen LogP) is 2.14. The largest absolute Gasteiger partial charge is 0.382 e. The fourth-order valence-electron chi connectivity index (χ4n) is 1.40. The highest BCUT2D eigenvalue weighted by atomic mass is 16.5. The van der Waals surface area contributed by atoms with E-state index in [1.165, 1.54) is 6.42 Å². The number of nitrogens with zero attached hydrogens (tertiary/aromatic N) is 1. The third-order valence-electron chi connectivity index (χ3n) is 2.34. The molecule has 0 aromatic carbocycles. The van der Waals surface area contributed by atoms with Gasteiger partial charge in [-0.15, -0.1) is 0 Å². The zero-order valence-electron chi connectivity index (χ0n) is 11.9. The van der Waals surface area contributed by atoms with Gasteiger partial charge in [0.25, 0.3) is 0 Å². The van der Waals surface area contributed by atoms with E-state index in [2.05, 4.69) is 31.1 Å². The molecule has 0 heterocycles. The minimum Gasteiger partial charge on any atom is -0.382 e. The molecule has 0 unspecified atom stereocenters. The highest BCUT2D eigenvalue weighted by Crippen LogP contribution is 2.19. The Labute approximate surface area is 106 Å². The summed E-state index contributed by atoms with van der Waals surface area (Å²) in [6, 6.07) is 0. The molecule has 0 radical (unpaired) electrons. The lowest BCUT2D eigenvalue weighted by Crippen LogP contribution is -2.33. The van der Waals surface area contributed by atoms with E-state index in [0.717, 1.165) is 39.1 Å². The second kappa shape index (κ2) is 9.28. The Balaban J connectivity index is 3.44. The van der Waals surface area contributed by atoms with Crippen LogP contribution in [-0.2, 0) is 4.74 Å². The Morgan fingerprint density at radius 1 is 1.29 bits per heavy atom. The van der Waals surface area contributed by atoms with Gasteiger partial charge in [-0.2, -0.15) is 0 Å². The molecule has 0 spiro atoms. The first kappa shape index (κ1) is 16.2. The standard InChI is InChI=1S/C13H29N3O/c1-5-17-11-7-10-16-12(14)15-9-6-8-13(2,3)4/h5-11H2,1-4H3,(H3,14,15,16). The Morgan fingerprint density at radius 2 is 2.00 bits per heavy atom. The maximum absolute atomic E-state index is 5.74. The van der Waals surface area contributed by atoms with Gasteiger partial charge in [0, 0.05) is 26.3 Å². The van der Waals surface area contributed by atoms with Gasteiger partial charge in [-0.1, -0.05) is 20.8 Å². The molecule has 4 nitrogen and oxygen atoms in total. The van der Waals surface area contributed by atoms with Crippen LogP contribution in [0, 0.1) is 5.41 Å². The van der Waals surface area contributed by atoms with E-state index in [9.17, 15) is 0 Å². The molecule has 0 fully saturated rings. The predicted molar refractivity (Wildman–Crippen MR) is 74.3 cm³/mol. The van der Waals surface area contributed by atoms with Gasteiger partial charge in [0.05, 0.1) is 0 Å². The Hall–Kier alpha value is -0.770. The van der Waals surface area contributed by atoms with E-state index in [4.69, 9.17) is 10.5 Å². The first-order valence-electron chi connectivity index (χ1n) is 6.57. The first-order chi connectivity index (χ1) is 7.95. The fourth-order valence-corrected chi connectivity index (χ4v) is 1.40. The van der Waals surface area contributed by atoms with Gasteiger partial charge in [0.2, 0.25) is 0 Å². The number of nitrogens with one attached hydrogen (secondary N) is 1. The molecule has 102 valence electrons. The third kappa shape index (κ3) is 13.2. The van der Waals surface area contributed by atoms with Crippen molar-refractivity contribution in [2.45, 2.75) is 47.0 Å². The van der Waals surface area contributed by atoms with Crippen LogP contribution in [-0.4, -0.2) is 32.3 Å². The van der Waals surface area contributed by atoms with Crippen LogP contribution in [0.15, 0.2) is 4.99 Å². The fraction of sp³-hybridized carbons (Fsp3) is 0.923. The molecule has 3 N–H and O–H groups in total. The number of rotatable bonds is 8. The summed E-state index contributed by atoms with van der Waals surface area (Å²) in [6.45, 7) is 11.9. The summed E-state index contributed by atoms with van der Waals surface area (Å²) in [6.07, 6.45) is 3.24. The van der Waals surface area contributed by atoms with Crippen LogP contribution < -0.4 is 11.1 Å². The van der Waals surface area contributed by atoms with Crippen molar-refractivity contribution in [3.63, 3.8) is 0 Å². The highest BCUT2D eigenvalue weighted by Gasteiger charge is 2.08. The normalized spacial score (nSPS) is 12.8. The molecule has 0 aliphatic carbocycles. The number of ether oxygens (including phenoxy) is 1. The van der Waals surface area contributed by atoms with Gasteiger partial charge in [-0.3, -0.25) is 4.99 Å². The lowest BCUT2D eigenvalue weighted by Gasteiger charge is -2.17. The minimum atomic E-state index is 0.394. The number of nitrogens with two attached hydrogens (primary N) is 1. The molecule has 17 heavy (non-hydrogen) atoms. The lowest BCUT2D eigenvalue weighted by atomic mass is 9.91. The molecule has 0 aromatic heterocycles. The van der Waals surface area contributed by atoms with Crippen molar-refractivity contribution >= 4 is 5.96 Å². The Bertz CT molecular complexity index is 209. The molecule has 0 saturated heterocycles. The first-order valence-corrected chi connectivity index (χ1v) is 6.57. The minimum absolute atomic E-state index is 0.394. The van der Waals surface area contributed by atoms with Crippen molar-refractivity contribution in [1.82, 2.24) is 5.32 Å². The lowest BCUT2D eigenvalue weighted by molar-refractivity contribution is 0.146. The zero-order valence-corrected chi connectivity index (χ0v) is 11.9. The van der Waals surface area contributed by atoms with Crippen molar-refractivity contribution < 1.29 is 4.74 Å². The summed E-state index contributed by atoms with van der Waals surface area (Å²) < 4.78 is 5.22. The smallest absolute Gasteiger partial charge is 0.188 e. The molecule has 0 saturated carbocycles.